The van der Waals surface area contributed by atoms with Crippen molar-refractivity contribution in [1.29, 1.82) is 0 Å². The molecular weight excluding hydrogens is 258 g/mol. The molecule has 0 bridgehead atoms. The summed E-state index contributed by atoms with van der Waals surface area (Å²) < 4.78 is 4.37. The molecule has 1 amide bonds. The van der Waals surface area contributed by atoms with Gasteiger partial charge in [-0.3, -0.25) is 4.79 Å². The highest BCUT2D eigenvalue weighted by Crippen LogP contribution is 2.22. The zero-order chi connectivity index (χ0) is 14.5. The third kappa shape index (κ3) is 3.57. The normalized spacial score (nSPS) is 14.5. The van der Waals surface area contributed by atoms with Gasteiger partial charge in [-0.1, -0.05) is 18.2 Å². The van der Waals surface area contributed by atoms with Gasteiger partial charge >= 0.3 is 5.97 Å². The molecule has 20 heavy (non-hydrogen) atoms. The Kier molecular flexibility index (Phi) is 4.74. The van der Waals surface area contributed by atoms with E-state index < -0.39 is 12.1 Å². The molecule has 0 aliphatic heterocycles. The van der Waals surface area contributed by atoms with Crippen LogP contribution in [-0.4, -0.2) is 36.7 Å². The topological polar surface area (TPSA) is 75.6 Å². The molecule has 0 heterocycles. The van der Waals surface area contributed by atoms with Crippen LogP contribution in [0.5, 0.6) is 0 Å². The Labute approximate surface area is 117 Å². The van der Waals surface area contributed by atoms with E-state index in [0.29, 0.717) is 0 Å². The molecule has 1 aliphatic rings. The van der Waals surface area contributed by atoms with Gasteiger partial charge in [0.1, 0.15) is 0 Å². The van der Waals surface area contributed by atoms with Gasteiger partial charge in [-0.25, -0.2) is 4.79 Å². The molecule has 1 aromatic carbocycles. The molecule has 5 nitrogen and oxygen atoms in total. The zero-order valence-corrected chi connectivity index (χ0v) is 11.5. The lowest BCUT2D eigenvalue weighted by molar-refractivity contribution is -0.150. The first kappa shape index (κ1) is 14.5. The average molecular weight is 277 g/mol. The standard InChI is InChI=1S/C15H19NO4/c1-20-15(19)13(17)9-16-14(18)8-10-5-6-11-3-2-4-12(11)7-10/h5-7,13,17H,2-4,8-9H2,1H3,(H,16,18). The first-order chi connectivity index (χ1) is 9.60. The van der Waals surface area contributed by atoms with Crippen LogP contribution >= 0.6 is 0 Å². The minimum absolute atomic E-state index is 0.129. The summed E-state index contributed by atoms with van der Waals surface area (Å²) in [5, 5.41) is 11.9. The van der Waals surface area contributed by atoms with Gasteiger partial charge in [0.2, 0.25) is 5.91 Å². The lowest BCUT2D eigenvalue weighted by Crippen LogP contribution is -2.37. The van der Waals surface area contributed by atoms with Gasteiger partial charge in [-0.15, -0.1) is 0 Å². The minimum atomic E-state index is -1.32. The predicted octanol–water partition coefficient (Wildman–Crippen LogP) is 0.368. The van der Waals surface area contributed by atoms with E-state index in [0.717, 1.165) is 18.4 Å². The van der Waals surface area contributed by atoms with Crippen molar-refractivity contribution in [3.8, 4) is 0 Å². The summed E-state index contributed by atoms with van der Waals surface area (Å²) in [7, 11) is 1.19. The third-order valence-electron chi connectivity index (χ3n) is 3.49. The second-order valence-corrected chi connectivity index (χ2v) is 4.98. The summed E-state index contributed by atoms with van der Waals surface area (Å²) in [4.78, 5) is 22.7. The molecular formula is C15H19NO4. The van der Waals surface area contributed by atoms with E-state index >= 15 is 0 Å². The van der Waals surface area contributed by atoms with Crippen LogP contribution in [0, 0.1) is 0 Å². The fourth-order valence-corrected chi connectivity index (χ4v) is 2.41. The second kappa shape index (κ2) is 6.52. The van der Waals surface area contributed by atoms with Crippen molar-refractivity contribution in [2.75, 3.05) is 13.7 Å². The summed E-state index contributed by atoms with van der Waals surface area (Å²) in [6.45, 7) is -0.129. The number of rotatable bonds is 5. The molecule has 2 N–H and O–H groups in total. The number of fused-ring (bicyclic) bond motifs is 1. The number of amides is 1. The van der Waals surface area contributed by atoms with Crippen LogP contribution in [0.15, 0.2) is 18.2 Å². The van der Waals surface area contributed by atoms with E-state index in [1.165, 1.54) is 24.7 Å². The number of aryl methyl sites for hydroxylation is 2. The Morgan fingerprint density at radius 3 is 2.85 bits per heavy atom. The molecule has 0 fully saturated rings. The maximum atomic E-state index is 11.8. The number of carbonyl (C=O) groups is 2. The number of nitrogens with one attached hydrogen (secondary N) is 1. The lowest BCUT2D eigenvalue weighted by Gasteiger charge is -2.10. The summed E-state index contributed by atoms with van der Waals surface area (Å²) in [5.41, 5.74) is 3.65. The SMILES string of the molecule is COC(=O)C(O)CNC(=O)Cc1ccc2c(c1)CCC2. The summed E-state index contributed by atoms with van der Waals surface area (Å²) in [5.74, 6) is -0.964. The van der Waals surface area contributed by atoms with Crippen LogP contribution in [0.25, 0.3) is 0 Å². The van der Waals surface area contributed by atoms with Crippen LogP contribution in [-0.2, 0) is 33.6 Å². The second-order valence-electron chi connectivity index (χ2n) is 4.98. The van der Waals surface area contributed by atoms with Gasteiger partial charge in [0, 0.05) is 0 Å². The monoisotopic (exact) mass is 277 g/mol. The molecule has 5 heteroatoms. The first-order valence-corrected chi connectivity index (χ1v) is 6.73. The molecule has 0 saturated heterocycles. The van der Waals surface area contributed by atoms with Crippen molar-refractivity contribution in [3.63, 3.8) is 0 Å². The Morgan fingerprint density at radius 1 is 1.35 bits per heavy atom. The van der Waals surface area contributed by atoms with Crippen molar-refractivity contribution in [3.05, 3.63) is 34.9 Å². The lowest BCUT2D eigenvalue weighted by atomic mass is 10.0. The van der Waals surface area contributed by atoms with Crippen molar-refractivity contribution in [1.82, 2.24) is 5.32 Å². The van der Waals surface area contributed by atoms with Gasteiger partial charge < -0.3 is 15.2 Å². The molecule has 0 spiro atoms. The van der Waals surface area contributed by atoms with E-state index in [1.54, 1.807) is 0 Å². The van der Waals surface area contributed by atoms with Crippen molar-refractivity contribution in [2.24, 2.45) is 0 Å². The van der Waals surface area contributed by atoms with E-state index in [1.807, 2.05) is 6.07 Å². The molecule has 1 unspecified atom stereocenters. The summed E-state index contributed by atoms with van der Waals surface area (Å²) >= 11 is 0. The number of esters is 1. The maximum Gasteiger partial charge on any atom is 0.336 e. The zero-order valence-electron chi connectivity index (χ0n) is 11.5. The molecule has 1 aromatic rings. The number of hydrogen-bond donors (Lipinski definition) is 2. The Morgan fingerprint density at radius 2 is 2.10 bits per heavy atom. The van der Waals surface area contributed by atoms with Crippen molar-refractivity contribution < 1.29 is 19.4 Å². The maximum absolute atomic E-state index is 11.8. The average Bonchev–Trinajstić information content (AvgIpc) is 2.91. The minimum Gasteiger partial charge on any atom is -0.467 e. The highest BCUT2D eigenvalue weighted by molar-refractivity contribution is 5.80. The Balaban J connectivity index is 1.84. The quantitative estimate of drug-likeness (QED) is 0.762. The number of benzene rings is 1. The number of aliphatic hydroxyl groups is 1. The van der Waals surface area contributed by atoms with E-state index in [4.69, 9.17) is 0 Å². The Bertz CT molecular complexity index is 513. The third-order valence-corrected chi connectivity index (χ3v) is 3.49. The van der Waals surface area contributed by atoms with Gasteiger partial charge in [-0.05, 0) is 36.0 Å². The molecule has 2 rings (SSSR count). The Hall–Kier alpha value is -1.88. The molecule has 1 atom stereocenters. The number of hydrogen-bond acceptors (Lipinski definition) is 4. The molecule has 0 aromatic heterocycles. The van der Waals surface area contributed by atoms with Crippen LogP contribution in [0.2, 0.25) is 0 Å². The van der Waals surface area contributed by atoms with E-state index in [2.05, 4.69) is 22.2 Å². The predicted molar refractivity (Wildman–Crippen MR) is 73.2 cm³/mol. The van der Waals surface area contributed by atoms with Crippen LogP contribution in [0.1, 0.15) is 23.1 Å². The summed E-state index contributed by atoms with van der Waals surface area (Å²) in [6, 6.07) is 6.10. The fraction of sp³-hybridized carbons (Fsp3) is 0.467. The van der Waals surface area contributed by atoms with Crippen molar-refractivity contribution in [2.45, 2.75) is 31.8 Å². The van der Waals surface area contributed by atoms with Gasteiger partial charge in [0.25, 0.3) is 0 Å². The number of aliphatic hydroxyl groups excluding tert-OH is 1. The van der Waals surface area contributed by atoms with Gasteiger partial charge in [0.05, 0.1) is 20.1 Å². The molecule has 108 valence electrons. The largest absolute Gasteiger partial charge is 0.467 e. The highest BCUT2D eigenvalue weighted by atomic mass is 16.5. The molecule has 0 saturated carbocycles. The molecule has 0 radical (unpaired) electrons. The van der Waals surface area contributed by atoms with Gasteiger partial charge in [-0.2, -0.15) is 0 Å². The molecule has 1 aliphatic carbocycles. The fourth-order valence-electron chi connectivity index (χ4n) is 2.41. The highest BCUT2D eigenvalue weighted by Gasteiger charge is 2.17. The van der Waals surface area contributed by atoms with Crippen LogP contribution in [0.3, 0.4) is 0 Å². The smallest absolute Gasteiger partial charge is 0.336 e. The number of methoxy groups -OCH3 is 1. The van der Waals surface area contributed by atoms with Crippen LogP contribution in [0.4, 0.5) is 0 Å². The van der Waals surface area contributed by atoms with E-state index in [-0.39, 0.29) is 18.9 Å². The number of carbonyl (C=O) groups excluding carboxylic acids is 2. The van der Waals surface area contributed by atoms with Gasteiger partial charge in [0.15, 0.2) is 6.10 Å². The first-order valence-electron chi connectivity index (χ1n) is 6.73. The number of ether oxygens (including phenoxy) is 1. The van der Waals surface area contributed by atoms with E-state index in [9.17, 15) is 14.7 Å². The summed E-state index contributed by atoms with van der Waals surface area (Å²) in [6.07, 6.45) is 2.31. The van der Waals surface area contributed by atoms with Crippen molar-refractivity contribution >= 4 is 11.9 Å². The van der Waals surface area contributed by atoms with Crippen LogP contribution < -0.4 is 5.32 Å².